The molecule has 1 aliphatic rings. The molecule has 1 N–H and O–H groups in total. The van der Waals surface area contributed by atoms with Crippen LogP contribution in [0.4, 0.5) is 0 Å². The van der Waals surface area contributed by atoms with Crippen LogP contribution in [-0.4, -0.2) is 47.9 Å². The standard InChI is InChI=1S/C25H27N3O2/c1-18-23(24(27-30-18)19-8-3-2-4-9-19)25-21(20-10-5-6-12-22(20)26-25)11-7-13-28-14-16-29-17-15-28/h2-6,8-10,12,26H,7,11,13-17H2,1H3. The lowest BCUT2D eigenvalue weighted by Gasteiger charge is -2.26. The molecule has 1 saturated heterocycles. The summed E-state index contributed by atoms with van der Waals surface area (Å²) in [5.74, 6) is 0.842. The highest BCUT2D eigenvalue weighted by Gasteiger charge is 2.22. The molecule has 154 valence electrons. The van der Waals surface area contributed by atoms with Gasteiger partial charge in [0.1, 0.15) is 11.5 Å². The molecule has 30 heavy (non-hydrogen) atoms. The quantitative estimate of drug-likeness (QED) is 0.490. The van der Waals surface area contributed by atoms with E-state index in [9.17, 15) is 0 Å². The molecule has 5 rings (SSSR count). The molecular weight excluding hydrogens is 374 g/mol. The van der Waals surface area contributed by atoms with Gasteiger partial charge in [-0.3, -0.25) is 4.90 Å². The van der Waals surface area contributed by atoms with Gasteiger partial charge in [0.15, 0.2) is 0 Å². The van der Waals surface area contributed by atoms with Gasteiger partial charge in [-0.05, 0) is 37.9 Å². The maximum atomic E-state index is 5.66. The van der Waals surface area contributed by atoms with Gasteiger partial charge in [-0.25, -0.2) is 0 Å². The molecule has 0 bridgehead atoms. The van der Waals surface area contributed by atoms with Crippen LogP contribution >= 0.6 is 0 Å². The molecule has 4 aromatic rings. The zero-order valence-corrected chi connectivity index (χ0v) is 17.4. The van der Waals surface area contributed by atoms with Crippen molar-refractivity contribution in [2.24, 2.45) is 0 Å². The number of H-pyrrole nitrogens is 1. The number of nitrogens with zero attached hydrogens (tertiary/aromatic N) is 2. The fourth-order valence-electron chi connectivity index (χ4n) is 4.44. The molecular formula is C25H27N3O2. The van der Waals surface area contributed by atoms with E-state index in [-0.39, 0.29) is 0 Å². The van der Waals surface area contributed by atoms with E-state index >= 15 is 0 Å². The number of ether oxygens (including phenoxy) is 1. The Morgan fingerprint density at radius 1 is 1.00 bits per heavy atom. The van der Waals surface area contributed by atoms with Crippen molar-refractivity contribution in [3.63, 3.8) is 0 Å². The maximum absolute atomic E-state index is 5.66. The van der Waals surface area contributed by atoms with Crippen LogP contribution in [0, 0.1) is 6.92 Å². The highest BCUT2D eigenvalue weighted by Crippen LogP contribution is 2.38. The highest BCUT2D eigenvalue weighted by atomic mass is 16.5. The minimum Gasteiger partial charge on any atom is -0.379 e. The van der Waals surface area contributed by atoms with Gasteiger partial charge in [-0.2, -0.15) is 0 Å². The number of rotatable bonds is 6. The number of hydrogen-bond acceptors (Lipinski definition) is 4. The monoisotopic (exact) mass is 401 g/mol. The Balaban J connectivity index is 1.52. The summed E-state index contributed by atoms with van der Waals surface area (Å²) in [5.41, 5.74) is 6.68. The van der Waals surface area contributed by atoms with Crippen LogP contribution in [0.25, 0.3) is 33.4 Å². The van der Waals surface area contributed by atoms with Crippen molar-refractivity contribution in [3.8, 4) is 22.5 Å². The van der Waals surface area contributed by atoms with E-state index in [1.54, 1.807) is 0 Å². The first-order valence-corrected chi connectivity index (χ1v) is 10.7. The summed E-state index contributed by atoms with van der Waals surface area (Å²) in [4.78, 5) is 6.17. The summed E-state index contributed by atoms with van der Waals surface area (Å²) in [5, 5.41) is 5.70. The molecule has 2 aromatic heterocycles. The molecule has 0 saturated carbocycles. The van der Waals surface area contributed by atoms with Gasteiger partial charge in [0.05, 0.1) is 24.5 Å². The Morgan fingerprint density at radius 2 is 1.77 bits per heavy atom. The molecule has 1 aliphatic heterocycles. The summed E-state index contributed by atoms with van der Waals surface area (Å²) in [6.07, 6.45) is 2.12. The lowest BCUT2D eigenvalue weighted by Crippen LogP contribution is -2.36. The number of aromatic amines is 1. The van der Waals surface area contributed by atoms with Crippen molar-refractivity contribution in [3.05, 3.63) is 65.9 Å². The van der Waals surface area contributed by atoms with Gasteiger partial charge >= 0.3 is 0 Å². The fourth-order valence-corrected chi connectivity index (χ4v) is 4.44. The van der Waals surface area contributed by atoms with Crippen LogP contribution in [-0.2, 0) is 11.2 Å². The Labute approximate surface area is 176 Å². The normalized spacial score (nSPS) is 15.1. The Bertz CT molecular complexity index is 1120. The molecule has 0 atom stereocenters. The molecule has 0 spiro atoms. The number of para-hydroxylation sites is 1. The van der Waals surface area contributed by atoms with Crippen LogP contribution in [0.1, 0.15) is 17.7 Å². The molecule has 5 heteroatoms. The first-order chi connectivity index (χ1) is 14.8. The second-order valence-corrected chi connectivity index (χ2v) is 7.91. The molecule has 5 nitrogen and oxygen atoms in total. The van der Waals surface area contributed by atoms with Gasteiger partial charge in [-0.15, -0.1) is 0 Å². The summed E-state index contributed by atoms with van der Waals surface area (Å²) < 4.78 is 11.1. The number of fused-ring (bicyclic) bond motifs is 1. The number of aryl methyl sites for hydroxylation is 2. The van der Waals surface area contributed by atoms with Crippen LogP contribution in [0.3, 0.4) is 0 Å². The van der Waals surface area contributed by atoms with Crippen LogP contribution in [0.5, 0.6) is 0 Å². The number of hydrogen-bond donors (Lipinski definition) is 1. The average molecular weight is 402 g/mol. The number of nitrogens with one attached hydrogen (secondary N) is 1. The number of morpholine rings is 1. The van der Waals surface area contributed by atoms with E-state index in [2.05, 4.69) is 51.4 Å². The van der Waals surface area contributed by atoms with Crippen molar-refractivity contribution in [2.75, 3.05) is 32.8 Å². The Hall–Kier alpha value is -2.89. The molecule has 0 amide bonds. The van der Waals surface area contributed by atoms with Crippen molar-refractivity contribution in [1.29, 1.82) is 0 Å². The predicted molar refractivity (Wildman–Crippen MR) is 120 cm³/mol. The van der Waals surface area contributed by atoms with E-state index in [1.165, 1.54) is 10.9 Å². The third kappa shape index (κ3) is 3.66. The van der Waals surface area contributed by atoms with E-state index in [1.807, 2.05) is 25.1 Å². The summed E-state index contributed by atoms with van der Waals surface area (Å²) >= 11 is 0. The molecule has 0 aliphatic carbocycles. The summed E-state index contributed by atoms with van der Waals surface area (Å²) in [6.45, 7) is 6.85. The van der Waals surface area contributed by atoms with Crippen molar-refractivity contribution in [2.45, 2.75) is 19.8 Å². The third-order valence-corrected chi connectivity index (χ3v) is 5.98. The maximum Gasteiger partial charge on any atom is 0.143 e. The van der Waals surface area contributed by atoms with E-state index in [0.717, 1.165) is 79.5 Å². The Kier molecular flexibility index (Phi) is 5.39. The topological polar surface area (TPSA) is 54.3 Å². The highest BCUT2D eigenvalue weighted by molar-refractivity contribution is 5.94. The lowest BCUT2D eigenvalue weighted by molar-refractivity contribution is 0.0375. The van der Waals surface area contributed by atoms with Crippen molar-refractivity contribution < 1.29 is 9.26 Å². The van der Waals surface area contributed by atoms with E-state index in [0.29, 0.717) is 0 Å². The first kappa shape index (κ1) is 19.1. The second-order valence-electron chi connectivity index (χ2n) is 7.91. The zero-order chi connectivity index (χ0) is 20.3. The van der Waals surface area contributed by atoms with Gasteiger partial charge in [-0.1, -0.05) is 53.7 Å². The predicted octanol–water partition coefficient (Wildman–Crippen LogP) is 5.06. The zero-order valence-electron chi connectivity index (χ0n) is 17.4. The van der Waals surface area contributed by atoms with E-state index < -0.39 is 0 Å². The molecule has 0 unspecified atom stereocenters. The first-order valence-electron chi connectivity index (χ1n) is 10.7. The average Bonchev–Trinajstić information content (AvgIpc) is 3.35. The van der Waals surface area contributed by atoms with Crippen LogP contribution in [0.2, 0.25) is 0 Å². The number of aromatic nitrogens is 2. The van der Waals surface area contributed by atoms with Gasteiger partial charge in [0, 0.05) is 29.6 Å². The molecule has 1 fully saturated rings. The van der Waals surface area contributed by atoms with Gasteiger partial charge in [0.25, 0.3) is 0 Å². The SMILES string of the molecule is Cc1onc(-c2ccccc2)c1-c1[nH]c2ccccc2c1CCCN1CCOCC1. The summed E-state index contributed by atoms with van der Waals surface area (Å²) in [7, 11) is 0. The fraction of sp³-hybridized carbons (Fsp3) is 0.320. The molecule has 0 radical (unpaired) electrons. The minimum atomic E-state index is 0.842. The van der Waals surface area contributed by atoms with Gasteiger partial charge < -0.3 is 14.2 Å². The Morgan fingerprint density at radius 3 is 2.60 bits per heavy atom. The smallest absolute Gasteiger partial charge is 0.143 e. The van der Waals surface area contributed by atoms with Crippen molar-refractivity contribution in [1.82, 2.24) is 15.0 Å². The van der Waals surface area contributed by atoms with Gasteiger partial charge in [0.2, 0.25) is 0 Å². The minimum absolute atomic E-state index is 0.842. The number of benzene rings is 2. The molecule has 2 aromatic carbocycles. The summed E-state index contributed by atoms with van der Waals surface area (Å²) in [6, 6.07) is 18.8. The second kappa shape index (κ2) is 8.46. The van der Waals surface area contributed by atoms with Crippen LogP contribution in [0.15, 0.2) is 59.1 Å². The lowest BCUT2D eigenvalue weighted by atomic mass is 9.97. The largest absolute Gasteiger partial charge is 0.379 e. The van der Waals surface area contributed by atoms with Crippen molar-refractivity contribution >= 4 is 10.9 Å². The van der Waals surface area contributed by atoms with Crippen LogP contribution < -0.4 is 0 Å². The third-order valence-electron chi connectivity index (χ3n) is 5.98. The van der Waals surface area contributed by atoms with E-state index in [4.69, 9.17) is 9.26 Å². The molecule has 3 heterocycles.